The van der Waals surface area contributed by atoms with Crippen molar-refractivity contribution >= 4 is 21.7 Å². The summed E-state index contributed by atoms with van der Waals surface area (Å²) in [5.41, 5.74) is 1.52. The van der Waals surface area contributed by atoms with Crippen molar-refractivity contribution in [2.75, 3.05) is 16.6 Å². The highest BCUT2D eigenvalue weighted by molar-refractivity contribution is 7.92. The van der Waals surface area contributed by atoms with Crippen LogP contribution in [0.1, 0.15) is 19.4 Å². The van der Waals surface area contributed by atoms with Crippen LogP contribution >= 0.6 is 0 Å². The molecule has 0 radical (unpaired) electrons. The summed E-state index contributed by atoms with van der Waals surface area (Å²) in [6.45, 7) is 4.56. The van der Waals surface area contributed by atoms with Gasteiger partial charge in [-0.3, -0.25) is 4.72 Å². The van der Waals surface area contributed by atoms with Crippen LogP contribution in [-0.4, -0.2) is 24.9 Å². The summed E-state index contributed by atoms with van der Waals surface area (Å²) in [5.74, 6) is 0.408. The molecule has 0 fully saturated rings. The lowest BCUT2D eigenvalue weighted by atomic mass is 10.1. The van der Waals surface area contributed by atoms with Crippen molar-refractivity contribution in [1.82, 2.24) is 9.97 Å². The number of hydrogen-bond acceptors (Lipinski definition) is 5. The Balaban J connectivity index is 2.25. The standard InChI is InChI=1S/C14H18N4O2S/c1-3-11-7-5-6-8-13(11)18-21(19,20)12-9-16-14(15-4-2)17-10-12/h5-10,18H,3-4H2,1-2H3,(H,15,16,17). The van der Waals surface area contributed by atoms with Crippen LogP contribution < -0.4 is 10.0 Å². The maximum absolute atomic E-state index is 12.3. The molecule has 0 spiro atoms. The second-order valence-corrected chi connectivity index (χ2v) is 6.07. The summed E-state index contributed by atoms with van der Waals surface area (Å²) in [6, 6.07) is 7.31. The lowest BCUT2D eigenvalue weighted by Gasteiger charge is -2.11. The normalized spacial score (nSPS) is 11.1. The highest BCUT2D eigenvalue weighted by Crippen LogP contribution is 2.20. The molecule has 21 heavy (non-hydrogen) atoms. The number of sulfonamides is 1. The van der Waals surface area contributed by atoms with E-state index >= 15 is 0 Å². The Kier molecular flexibility index (Phi) is 4.74. The fourth-order valence-electron chi connectivity index (χ4n) is 1.84. The molecule has 0 aliphatic rings. The van der Waals surface area contributed by atoms with Gasteiger partial charge in [-0.1, -0.05) is 25.1 Å². The Labute approximate surface area is 124 Å². The first-order valence-corrected chi connectivity index (χ1v) is 8.21. The van der Waals surface area contributed by atoms with E-state index in [0.717, 1.165) is 12.0 Å². The summed E-state index contributed by atoms with van der Waals surface area (Å²) in [5, 5.41) is 2.92. The largest absolute Gasteiger partial charge is 0.355 e. The van der Waals surface area contributed by atoms with E-state index in [1.165, 1.54) is 12.4 Å². The van der Waals surface area contributed by atoms with E-state index in [9.17, 15) is 8.42 Å². The lowest BCUT2D eigenvalue weighted by molar-refractivity contribution is 0.600. The Morgan fingerprint density at radius 3 is 2.38 bits per heavy atom. The van der Waals surface area contributed by atoms with Crippen molar-refractivity contribution in [1.29, 1.82) is 0 Å². The third kappa shape index (κ3) is 3.69. The van der Waals surface area contributed by atoms with Crippen LogP contribution in [0.15, 0.2) is 41.6 Å². The number of hydrogen-bond donors (Lipinski definition) is 2. The van der Waals surface area contributed by atoms with Gasteiger partial charge >= 0.3 is 0 Å². The van der Waals surface area contributed by atoms with Gasteiger partial charge in [0.15, 0.2) is 0 Å². The molecule has 0 amide bonds. The Morgan fingerprint density at radius 2 is 1.76 bits per heavy atom. The van der Waals surface area contributed by atoms with Gasteiger partial charge in [0.25, 0.3) is 10.0 Å². The average Bonchev–Trinajstić information content (AvgIpc) is 2.48. The van der Waals surface area contributed by atoms with E-state index in [2.05, 4.69) is 20.0 Å². The monoisotopic (exact) mass is 306 g/mol. The van der Waals surface area contributed by atoms with Gasteiger partial charge in [-0.2, -0.15) is 0 Å². The maximum Gasteiger partial charge on any atom is 0.264 e. The molecule has 0 saturated carbocycles. The fourth-order valence-corrected chi connectivity index (χ4v) is 2.83. The summed E-state index contributed by atoms with van der Waals surface area (Å²) in [4.78, 5) is 7.99. The summed E-state index contributed by atoms with van der Waals surface area (Å²) in [6.07, 6.45) is 3.33. The minimum Gasteiger partial charge on any atom is -0.355 e. The number of para-hydroxylation sites is 1. The minimum absolute atomic E-state index is 0.0371. The van der Waals surface area contributed by atoms with Gasteiger partial charge in [0.05, 0.1) is 18.1 Å². The fraction of sp³-hybridized carbons (Fsp3) is 0.286. The number of nitrogens with one attached hydrogen (secondary N) is 2. The predicted octanol–water partition coefficient (Wildman–Crippen LogP) is 2.27. The number of anilines is 2. The lowest BCUT2D eigenvalue weighted by Crippen LogP contribution is -2.15. The summed E-state index contributed by atoms with van der Waals surface area (Å²) >= 11 is 0. The van der Waals surface area contributed by atoms with Crippen molar-refractivity contribution in [3.63, 3.8) is 0 Å². The molecule has 1 aromatic carbocycles. The third-order valence-corrected chi connectivity index (χ3v) is 4.24. The smallest absolute Gasteiger partial charge is 0.264 e. The SMILES string of the molecule is CCNc1ncc(S(=O)(=O)Nc2ccccc2CC)cn1. The van der Waals surface area contributed by atoms with Crippen LogP contribution in [0.2, 0.25) is 0 Å². The van der Waals surface area contributed by atoms with Crippen LogP contribution in [0.5, 0.6) is 0 Å². The van der Waals surface area contributed by atoms with E-state index in [1.54, 1.807) is 12.1 Å². The molecule has 0 bridgehead atoms. The molecule has 0 aliphatic carbocycles. The zero-order valence-corrected chi connectivity index (χ0v) is 12.8. The van der Waals surface area contributed by atoms with Crippen molar-refractivity contribution in [3.8, 4) is 0 Å². The predicted molar refractivity (Wildman–Crippen MR) is 82.8 cm³/mol. The molecule has 1 aromatic heterocycles. The molecule has 7 heteroatoms. The topological polar surface area (TPSA) is 84.0 Å². The van der Waals surface area contributed by atoms with Crippen LogP contribution in [0, 0.1) is 0 Å². The number of nitrogens with zero attached hydrogens (tertiary/aromatic N) is 2. The van der Waals surface area contributed by atoms with E-state index < -0.39 is 10.0 Å². The van der Waals surface area contributed by atoms with Crippen molar-refractivity contribution in [2.24, 2.45) is 0 Å². The number of rotatable bonds is 6. The molecule has 2 aromatic rings. The summed E-state index contributed by atoms with van der Waals surface area (Å²) in [7, 11) is -3.68. The van der Waals surface area contributed by atoms with Crippen LogP contribution in [-0.2, 0) is 16.4 Å². The van der Waals surface area contributed by atoms with Gasteiger partial charge in [0, 0.05) is 6.54 Å². The van der Waals surface area contributed by atoms with E-state index in [0.29, 0.717) is 18.2 Å². The number of benzene rings is 1. The molecule has 1 heterocycles. The molecule has 6 nitrogen and oxygen atoms in total. The highest BCUT2D eigenvalue weighted by Gasteiger charge is 2.16. The van der Waals surface area contributed by atoms with Gasteiger partial charge in [0.1, 0.15) is 4.90 Å². The van der Waals surface area contributed by atoms with Gasteiger partial charge in [-0.05, 0) is 25.0 Å². The molecule has 0 unspecified atom stereocenters. The quantitative estimate of drug-likeness (QED) is 0.855. The summed E-state index contributed by atoms with van der Waals surface area (Å²) < 4.78 is 27.2. The second-order valence-electron chi connectivity index (χ2n) is 4.39. The average molecular weight is 306 g/mol. The molecular formula is C14H18N4O2S. The maximum atomic E-state index is 12.3. The first-order chi connectivity index (χ1) is 10.1. The van der Waals surface area contributed by atoms with Gasteiger partial charge < -0.3 is 5.32 Å². The molecule has 0 aliphatic heterocycles. The van der Waals surface area contributed by atoms with Crippen molar-refractivity contribution in [2.45, 2.75) is 25.2 Å². The first kappa shape index (κ1) is 15.2. The van der Waals surface area contributed by atoms with Crippen molar-refractivity contribution in [3.05, 3.63) is 42.2 Å². The van der Waals surface area contributed by atoms with Gasteiger partial charge in [0.2, 0.25) is 5.95 Å². The molecule has 2 rings (SSSR count). The minimum atomic E-state index is -3.68. The molecule has 112 valence electrons. The zero-order chi connectivity index (χ0) is 15.3. The first-order valence-electron chi connectivity index (χ1n) is 6.73. The highest BCUT2D eigenvalue weighted by atomic mass is 32.2. The van der Waals surface area contributed by atoms with Crippen LogP contribution in [0.3, 0.4) is 0 Å². The van der Waals surface area contributed by atoms with Crippen molar-refractivity contribution < 1.29 is 8.42 Å². The second kappa shape index (κ2) is 6.53. The molecule has 0 saturated heterocycles. The third-order valence-electron chi connectivity index (χ3n) is 2.92. The Morgan fingerprint density at radius 1 is 1.10 bits per heavy atom. The molecular weight excluding hydrogens is 288 g/mol. The Bertz CT molecular complexity index is 699. The van der Waals surface area contributed by atoms with E-state index in [4.69, 9.17) is 0 Å². The number of aryl methyl sites for hydroxylation is 1. The van der Waals surface area contributed by atoms with Gasteiger partial charge in [-0.15, -0.1) is 0 Å². The number of aromatic nitrogens is 2. The Hall–Kier alpha value is -2.15. The van der Waals surface area contributed by atoms with Crippen LogP contribution in [0.25, 0.3) is 0 Å². The van der Waals surface area contributed by atoms with E-state index in [-0.39, 0.29) is 4.90 Å². The van der Waals surface area contributed by atoms with Gasteiger partial charge in [-0.25, -0.2) is 18.4 Å². The molecule has 2 N–H and O–H groups in total. The van der Waals surface area contributed by atoms with Crippen LogP contribution in [0.4, 0.5) is 11.6 Å². The van der Waals surface area contributed by atoms with E-state index in [1.807, 2.05) is 26.0 Å². The molecule has 0 atom stereocenters. The zero-order valence-electron chi connectivity index (χ0n) is 12.0.